The first-order valence-corrected chi connectivity index (χ1v) is 7.78. The number of hydrazine groups is 1. The fraction of sp³-hybridized carbons (Fsp3) is 0.105. The van der Waals surface area contributed by atoms with Gasteiger partial charge in [-0.05, 0) is 48.9 Å². The average Bonchev–Trinajstić information content (AvgIpc) is 2.62. The van der Waals surface area contributed by atoms with E-state index in [1.807, 2.05) is 25.1 Å². The number of nitrogens with two attached hydrogens (primary N) is 1. The van der Waals surface area contributed by atoms with Crippen molar-refractivity contribution in [3.63, 3.8) is 0 Å². The highest BCUT2D eigenvalue weighted by atomic mass is 16.2. The molecule has 0 bridgehead atoms. The van der Waals surface area contributed by atoms with Gasteiger partial charge in [-0.3, -0.25) is 15.2 Å². The van der Waals surface area contributed by atoms with Gasteiger partial charge in [-0.1, -0.05) is 12.7 Å². The van der Waals surface area contributed by atoms with E-state index in [1.165, 1.54) is 0 Å². The lowest BCUT2D eigenvalue weighted by atomic mass is 10.1. The van der Waals surface area contributed by atoms with E-state index in [2.05, 4.69) is 22.0 Å². The number of nitrogen functional groups attached to an aromatic ring is 1. The molecule has 2 aromatic heterocycles. The van der Waals surface area contributed by atoms with Gasteiger partial charge >= 0.3 is 0 Å². The van der Waals surface area contributed by atoms with Gasteiger partial charge in [0, 0.05) is 29.8 Å². The second-order valence-corrected chi connectivity index (χ2v) is 5.72. The molecule has 0 spiro atoms. The van der Waals surface area contributed by atoms with Crippen molar-refractivity contribution >= 4 is 34.5 Å². The maximum absolute atomic E-state index is 12.6. The quantitative estimate of drug-likeness (QED) is 0.717. The molecule has 25 heavy (non-hydrogen) atoms. The highest BCUT2D eigenvalue weighted by Crippen LogP contribution is 2.20. The van der Waals surface area contributed by atoms with Gasteiger partial charge in [-0.15, -0.1) is 0 Å². The number of amides is 1. The molecule has 0 saturated carbocycles. The van der Waals surface area contributed by atoms with Crippen LogP contribution in [0.15, 0.2) is 49.2 Å². The Morgan fingerprint density at radius 1 is 1.32 bits per heavy atom. The summed E-state index contributed by atoms with van der Waals surface area (Å²) in [6.45, 7) is 5.65. The molecule has 3 N–H and O–H groups in total. The lowest BCUT2D eigenvalue weighted by molar-refractivity contribution is 0.0951. The van der Waals surface area contributed by atoms with Gasteiger partial charge in [0.05, 0.1) is 5.52 Å². The molecule has 3 rings (SSSR count). The van der Waals surface area contributed by atoms with Gasteiger partial charge in [-0.2, -0.15) is 0 Å². The number of benzene rings is 1. The van der Waals surface area contributed by atoms with E-state index in [1.54, 1.807) is 42.5 Å². The number of nitrogens with one attached hydrogen (secondary N) is 1. The molecular formula is C19H19N5O. The molecule has 0 unspecified atom stereocenters. The first kappa shape index (κ1) is 16.4. The van der Waals surface area contributed by atoms with Gasteiger partial charge in [-0.25, -0.2) is 9.97 Å². The maximum atomic E-state index is 12.6. The number of nitrogens with zero attached hydrogens (tertiary/aromatic N) is 3. The highest BCUT2D eigenvalue weighted by molar-refractivity contribution is 5.99. The van der Waals surface area contributed by atoms with E-state index in [0.29, 0.717) is 17.2 Å². The third kappa shape index (κ3) is 3.28. The minimum atomic E-state index is -0.237. The van der Waals surface area contributed by atoms with E-state index < -0.39 is 0 Å². The van der Waals surface area contributed by atoms with Crippen molar-refractivity contribution in [2.75, 3.05) is 17.8 Å². The molecule has 1 amide bonds. The Hall–Kier alpha value is -3.41. The predicted octanol–water partition coefficient (Wildman–Crippen LogP) is 2.94. The third-order valence-electron chi connectivity index (χ3n) is 3.93. The monoisotopic (exact) mass is 333 g/mol. The number of rotatable bonds is 4. The zero-order valence-corrected chi connectivity index (χ0v) is 14.2. The molecule has 126 valence electrons. The summed E-state index contributed by atoms with van der Waals surface area (Å²) in [4.78, 5) is 21.2. The maximum Gasteiger partial charge on any atom is 0.269 e. The Balaban J connectivity index is 1.86. The lowest BCUT2D eigenvalue weighted by Crippen LogP contribution is -2.40. The molecular weight excluding hydrogens is 314 g/mol. The summed E-state index contributed by atoms with van der Waals surface area (Å²) < 4.78 is 0. The molecule has 6 nitrogen and oxygen atoms in total. The van der Waals surface area contributed by atoms with Crippen molar-refractivity contribution in [2.24, 2.45) is 0 Å². The second-order valence-electron chi connectivity index (χ2n) is 5.72. The second kappa shape index (κ2) is 6.60. The summed E-state index contributed by atoms with van der Waals surface area (Å²) >= 11 is 0. The molecule has 1 aromatic carbocycles. The molecule has 0 aliphatic heterocycles. The fourth-order valence-corrected chi connectivity index (χ4v) is 2.56. The first-order valence-electron chi connectivity index (χ1n) is 7.78. The number of aromatic nitrogens is 2. The number of pyridine rings is 2. The smallest absolute Gasteiger partial charge is 0.269 e. The molecule has 0 saturated heterocycles. The third-order valence-corrected chi connectivity index (χ3v) is 3.93. The topological polar surface area (TPSA) is 84.1 Å². The van der Waals surface area contributed by atoms with Crippen LogP contribution in [-0.2, 0) is 0 Å². The minimum Gasteiger partial charge on any atom is -0.383 e. The number of carbonyl (C=O) groups is 1. The largest absolute Gasteiger partial charge is 0.383 e. The van der Waals surface area contributed by atoms with Crippen LogP contribution in [0.3, 0.4) is 0 Å². The molecule has 0 radical (unpaired) electrons. The standard InChI is InChI=1S/C19H19N5O/c1-4-13-6-5-9-21-18(13)24(3)23-19(25)14-7-8-16-15(11-14)10-12(2)17(20)22-16/h4-11H,1H2,2-3H3,(H2,20,22)(H,23,25). The van der Waals surface area contributed by atoms with Crippen LogP contribution in [0.4, 0.5) is 11.6 Å². The normalized spacial score (nSPS) is 10.5. The van der Waals surface area contributed by atoms with Gasteiger partial charge in [0.2, 0.25) is 0 Å². The fourth-order valence-electron chi connectivity index (χ4n) is 2.56. The van der Waals surface area contributed by atoms with E-state index in [9.17, 15) is 4.79 Å². The number of hydrogen-bond acceptors (Lipinski definition) is 5. The van der Waals surface area contributed by atoms with Gasteiger partial charge < -0.3 is 5.73 Å². The molecule has 0 aliphatic rings. The van der Waals surface area contributed by atoms with E-state index in [0.717, 1.165) is 22.0 Å². The summed E-state index contributed by atoms with van der Waals surface area (Å²) in [7, 11) is 1.74. The highest BCUT2D eigenvalue weighted by Gasteiger charge is 2.13. The summed E-state index contributed by atoms with van der Waals surface area (Å²) in [6, 6.07) is 10.9. The van der Waals surface area contributed by atoms with Crippen LogP contribution in [0, 0.1) is 6.92 Å². The lowest BCUT2D eigenvalue weighted by Gasteiger charge is -2.21. The van der Waals surface area contributed by atoms with Crippen molar-refractivity contribution in [3.05, 3.63) is 65.9 Å². The molecule has 0 aliphatic carbocycles. The van der Waals surface area contributed by atoms with Gasteiger partial charge in [0.25, 0.3) is 5.91 Å². The Kier molecular flexibility index (Phi) is 4.35. The van der Waals surface area contributed by atoms with Crippen molar-refractivity contribution in [1.82, 2.24) is 15.4 Å². The van der Waals surface area contributed by atoms with Crippen molar-refractivity contribution in [2.45, 2.75) is 6.92 Å². The molecule has 0 atom stereocenters. The summed E-state index contributed by atoms with van der Waals surface area (Å²) in [5, 5.41) is 2.45. The predicted molar refractivity (Wildman–Crippen MR) is 101 cm³/mol. The van der Waals surface area contributed by atoms with E-state index in [4.69, 9.17) is 5.73 Å². The van der Waals surface area contributed by atoms with Crippen LogP contribution in [0.5, 0.6) is 0 Å². The van der Waals surface area contributed by atoms with Crippen LogP contribution >= 0.6 is 0 Å². The van der Waals surface area contributed by atoms with Crippen LogP contribution in [0.2, 0.25) is 0 Å². The minimum absolute atomic E-state index is 0.237. The van der Waals surface area contributed by atoms with Crippen LogP contribution in [0.25, 0.3) is 17.0 Å². The number of anilines is 2. The van der Waals surface area contributed by atoms with Crippen molar-refractivity contribution in [1.29, 1.82) is 0 Å². The Morgan fingerprint density at radius 2 is 2.12 bits per heavy atom. The Morgan fingerprint density at radius 3 is 2.88 bits per heavy atom. The SMILES string of the molecule is C=Cc1cccnc1N(C)NC(=O)c1ccc2nc(N)c(C)cc2c1. The summed E-state index contributed by atoms with van der Waals surface area (Å²) in [5.74, 6) is 0.882. The summed E-state index contributed by atoms with van der Waals surface area (Å²) in [5.41, 5.74) is 11.6. The molecule has 6 heteroatoms. The zero-order chi connectivity index (χ0) is 18.0. The van der Waals surface area contributed by atoms with Crippen LogP contribution < -0.4 is 16.2 Å². The number of carbonyl (C=O) groups excluding carboxylic acids is 1. The average molecular weight is 333 g/mol. The Labute approximate surface area is 146 Å². The van der Waals surface area contributed by atoms with E-state index >= 15 is 0 Å². The van der Waals surface area contributed by atoms with E-state index in [-0.39, 0.29) is 5.91 Å². The number of hydrogen-bond donors (Lipinski definition) is 2. The molecule has 0 fully saturated rings. The van der Waals surface area contributed by atoms with Crippen molar-refractivity contribution < 1.29 is 4.79 Å². The summed E-state index contributed by atoms with van der Waals surface area (Å²) in [6.07, 6.45) is 3.36. The first-order chi connectivity index (χ1) is 12.0. The van der Waals surface area contributed by atoms with Crippen LogP contribution in [0.1, 0.15) is 21.5 Å². The Bertz CT molecular complexity index is 967. The van der Waals surface area contributed by atoms with Crippen LogP contribution in [-0.4, -0.2) is 22.9 Å². The molecule has 3 aromatic rings. The van der Waals surface area contributed by atoms with Gasteiger partial charge in [0.1, 0.15) is 5.82 Å². The number of fused-ring (bicyclic) bond motifs is 1. The van der Waals surface area contributed by atoms with Gasteiger partial charge in [0.15, 0.2) is 5.82 Å². The zero-order valence-electron chi connectivity index (χ0n) is 14.2. The molecule has 2 heterocycles. The number of aryl methyl sites for hydroxylation is 1. The van der Waals surface area contributed by atoms with Crippen molar-refractivity contribution in [3.8, 4) is 0 Å².